The Morgan fingerprint density at radius 3 is 2.40 bits per heavy atom. The van der Waals surface area contributed by atoms with Crippen LogP contribution < -0.4 is 19.2 Å². The number of amides is 1. The van der Waals surface area contributed by atoms with E-state index in [2.05, 4.69) is 10.5 Å². The fourth-order valence-corrected chi connectivity index (χ4v) is 4.71. The lowest BCUT2D eigenvalue weighted by molar-refractivity contribution is -0.387. The Kier molecular flexibility index (Phi) is 8.00. The Labute approximate surface area is 201 Å². The Balaban J connectivity index is 2.02. The average molecular weight is 499 g/mol. The maximum absolute atomic E-state index is 13.6. The van der Waals surface area contributed by atoms with Gasteiger partial charge in [-0.05, 0) is 23.8 Å². The summed E-state index contributed by atoms with van der Waals surface area (Å²) in [6.07, 6.45) is 1.40. The predicted octanol–water partition coefficient (Wildman–Crippen LogP) is 2.96. The number of hydrogen-bond acceptors (Lipinski definition) is 8. The molecule has 0 radical (unpaired) electrons. The number of sulfonamides is 1. The molecule has 0 atom stereocenters. The number of nitro groups is 1. The van der Waals surface area contributed by atoms with Crippen molar-refractivity contribution in [3.63, 3.8) is 0 Å². The second-order valence-electron chi connectivity index (χ2n) is 6.98. The number of methoxy groups -OCH3 is 2. The van der Waals surface area contributed by atoms with Gasteiger partial charge in [-0.2, -0.15) is 5.10 Å². The maximum atomic E-state index is 13.6. The van der Waals surface area contributed by atoms with Gasteiger partial charge >= 0.3 is 0 Å². The van der Waals surface area contributed by atoms with Crippen LogP contribution in [0.2, 0.25) is 0 Å². The molecule has 3 aromatic carbocycles. The molecule has 0 spiro atoms. The van der Waals surface area contributed by atoms with E-state index in [-0.39, 0.29) is 11.4 Å². The molecule has 0 aliphatic heterocycles. The molecule has 1 N–H and O–H groups in total. The van der Waals surface area contributed by atoms with Gasteiger partial charge in [-0.3, -0.25) is 19.2 Å². The lowest BCUT2D eigenvalue weighted by Gasteiger charge is -2.25. The summed E-state index contributed by atoms with van der Waals surface area (Å²) < 4.78 is 38.4. The molecule has 3 aromatic rings. The summed E-state index contributed by atoms with van der Waals surface area (Å²) in [6, 6.07) is 18.1. The first-order valence-electron chi connectivity index (χ1n) is 10.1. The molecule has 0 saturated carbocycles. The van der Waals surface area contributed by atoms with Crippen molar-refractivity contribution >= 4 is 33.5 Å². The van der Waals surface area contributed by atoms with Crippen LogP contribution in [0.5, 0.6) is 11.5 Å². The number of benzene rings is 3. The maximum Gasteiger partial charge on any atom is 0.289 e. The number of nitrogens with one attached hydrogen (secondary N) is 1. The van der Waals surface area contributed by atoms with Crippen molar-refractivity contribution in [3.8, 4) is 11.5 Å². The molecule has 0 bridgehead atoms. The van der Waals surface area contributed by atoms with Crippen molar-refractivity contribution < 1.29 is 27.6 Å². The highest BCUT2D eigenvalue weighted by Gasteiger charge is 2.34. The van der Waals surface area contributed by atoms with Gasteiger partial charge in [0, 0.05) is 12.1 Å². The topological polar surface area (TPSA) is 140 Å². The fourth-order valence-electron chi connectivity index (χ4n) is 3.12. The van der Waals surface area contributed by atoms with Gasteiger partial charge in [0.2, 0.25) is 0 Å². The fraction of sp³-hybridized carbons (Fsp3) is 0.130. The van der Waals surface area contributed by atoms with Crippen molar-refractivity contribution in [3.05, 3.63) is 88.5 Å². The Hall–Kier alpha value is -4.45. The van der Waals surface area contributed by atoms with Gasteiger partial charge < -0.3 is 9.47 Å². The van der Waals surface area contributed by atoms with Crippen molar-refractivity contribution in [1.82, 2.24) is 5.43 Å². The van der Waals surface area contributed by atoms with Crippen LogP contribution in [0, 0.1) is 10.1 Å². The van der Waals surface area contributed by atoms with Gasteiger partial charge in [0.1, 0.15) is 18.0 Å². The Bertz CT molecular complexity index is 1340. The molecule has 0 aliphatic rings. The summed E-state index contributed by atoms with van der Waals surface area (Å²) >= 11 is 0. The molecule has 12 heteroatoms. The minimum absolute atomic E-state index is 0.0198. The number of nitro benzene ring substituents is 1. The monoisotopic (exact) mass is 498 g/mol. The number of ether oxygens (including phenoxy) is 2. The van der Waals surface area contributed by atoms with E-state index in [9.17, 15) is 23.3 Å². The summed E-state index contributed by atoms with van der Waals surface area (Å²) in [5, 5.41) is 15.4. The molecule has 0 heterocycles. The third-order valence-electron chi connectivity index (χ3n) is 4.78. The summed E-state index contributed by atoms with van der Waals surface area (Å²) in [6.45, 7) is -0.733. The quantitative estimate of drug-likeness (QED) is 0.257. The molecule has 0 fully saturated rings. The summed E-state index contributed by atoms with van der Waals surface area (Å²) in [4.78, 5) is 22.8. The molecule has 0 unspecified atom stereocenters. The van der Waals surface area contributed by atoms with Crippen LogP contribution in [-0.4, -0.2) is 46.2 Å². The van der Waals surface area contributed by atoms with Crippen molar-refractivity contribution in [2.45, 2.75) is 4.90 Å². The van der Waals surface area contributed by atoms with E-state index in [4.69, 9.17) is 9.47 Å². The Morgan fingerprint density at radius 2 is 1.74 bits per heavy atom. The van der Waals surface area contributed by atoms with E-state index in [1.54, 1.807) is 24.3 Å². The molecule has 35 heavy (non-hydrogen) atoms. The van der Waals surface area contributed by atoms with Crippen molar-refractivity contribution in [2.24, 2.45) is 5.10 Å². The number of hydrogen-bond donors (Lipinski definition) is 1. The first-order chi connectivity index (χ1) is 16.8. The van der Waals surface area contributed by atoms with E-state index >= 15 is 0 Å². The lowest BCUT2D eigenvalue weighted by atomic mass is 10.2. The van der Waals surface area contributed by atoms with Crippen LogP contribution in [0.15, 0.2) is 82.8 Å². The number of rotatable bonds is 10. The standard InChI is InChI=1S/C23H22N4O7S/c1-33-18-12-13-19(21(14-18)34-2)26(16-23(28)25-24-15-17-8-4-3-5-9-17)35(31,32)22-11-7-6-10-20(22)27(29)30/h3-15H,16H2,1-2H3,(H,25,28)/b24-15+. The van der Waals surface area contributed by atoms with E-state index in [0.29, 0.717) is 11.3 Å². The molecule has 3 rings (SSSR count). The van der Waals surface area contributed by atoms with Crippen LogP contribution >= 0.6 is 0 Å². The van der Waals surface area contributed by atoms with Crippen LogP contribution in [0.25, 0.3) is 0 Å². The van der Waals surface area contributed by atoms with E-state index in [1.165, 1.54) is 50.8 Å². The third kappa shape index (κ3) is 5.92. The van der Waals surface area contributed by atoms with Crippen molar-refractivity contribution in [1.29, 1.82) is 0 Å². The first kappa shape index (κ1) is 25.2. The lowest BCUT2D eigenvalue weighted by Crippen LogP contribution is -2.40. The van der Waals surface area contributed by atoms with Gasteiger partial charge in [0.15, 0.2) is 4.90 Å². The Morgan fingerprint density at radius 1 is 1.06 bits per heavy atom. The summed E-state index contributed by atoms with van der Waals surface area (Å²) in [7, 11) is -1.85. The molecule has 0 saturated heterocycles. The van der Waals surface area contributed by atoms with E-state index < -0.39 is 38.0 Å². The minimum atomic E-state index is -4.60. The second kappa shape index (κ2) is 11.1. The van der Waals surface area contributed by atoms with Crippen molar-refractivity contribution in [2.75, 3.05) is 25.1 Å². The van der Waals surface area contributed by atoms with Crippen LogP contribution in [0.1, 0.15) is 5.56 Å². The highest BCUT2D eigenvalue weighted by Crippen LogP contribution is 2.37. The number of carbonyl (C=O) groups excluding carboxylic acids is 1. The number of para-hydroxylation sites is 1. The summed E-state index contributed by atoms with van der Waals surface area (Å²) in [5.41, 5.74) is 2.34. The van der Waals surface area contributed by atoms with E-state index in [0.717, 1.165) is 16.4 Å². The smallest absolute Gasteiger partial charge is 0.289 e. The zero-order valence-electron chi connectivity index (χ0n) is 18.8. The molecule has 0 aliphatic carbocycles. The highest BCUT2D eigenvalue weighted by atomic mass is 32.2. The molecular formula is C23H22N4O7S. The van der Waals surface area contributed by atoms with Gasteiger partial charge in [-0.25, -0.2) is 13.8 Å². The van der Waals surface area contributed by atoms with Crippen LogP contribution in [-0.2, 0) is 14.8 Å². The first-order valence-corrected chi connectivity index (χ1v) is 11.6. The predicted molar refractivity (Wildman–Crippen MR) is 129 cm³/mol. The largest absolute Gasteiger partial charge is 0.497 e. The molecule has 182 valence electrons. The third-order valence-corrected chi connectivity index (χ3v) is 6.58. The van der Waals surface area contributed by atoms with Gasteiger partial charge in [-0.1, -0.05) is 42.5 Å². The average Bonchev–Trinajstić information content (AvgIpc) is 2.87. The van der Waals surface area contributed by atoms with Gasteiger partial charge in [0.25, 0.3) is 21.6 Å². The molecular weight excluding hydrogens is 476 g/mol. The highest BCUT2D eigenvalue weighted by molar-refractivity contribution is 7.93. The van der Waals surface area contributed by atoms with Crippen LogP contribution in [0.4, 0.5) is 11.4 Å². The normalized spacial score (nSPS) is 11.1. The molecule has 0 aromatic heterocycles. The van der Waals surface area contributed by atoms with Gasteiger partial charge in [0.05, 0.1) is 31.0 Å². The zero-order valence-corrected chi connectivity index (χ0v) is 19.6. The number of anilines is 1. The van der Waals surface area contributed by atoms with Crippen LogP contribution in [0.3, 0.4) is 0 Å². The van der Waals surface area contributed by atoms with E-state index in [1.807, 2.05) is 6.07 Å². The molecule has 11 nitrogen and oxygen atoms in total. The zero-order chi connectivity index (χ0) is 25.4. The SMILES string of the molecule is COc1ccc(N(CC(=O)N/N=C/c2ccccc2)S(=O)(=O)c2ccccc2[N+](=O)[O-])c(OC)c1. The number of carbonyl (C=O) groups is 1. The second-order valence-corrected chi connectivity index (χ2v) is 8.81. The van der Waals surface area contributed by atoms with Gasteiger partial charge in [-0.15, -0.1) is 0 Å². The minimum Gasteiger partial charge on any atom is -0.497 e. The number of nitrogens with zero attached hydrogens (tertiary/aromatic N) is 3. The summed E-state index contributed by atoms with van der Waals surface area (Å²) in [5.74, 6) is -0.324. The molecule has 1 amide bonds. The number of hydrazone groups is 1.